The highest BCUT2D eigenvalue weighted by Gasteiger charge is 2.14. The zero-order chi connectivity index (χ0) is 12.8. The summed E-state index contributed by atoms with van der Waals surface area (Å²) in [6.07, 6.45) is 8.36. The summed E-state index contributed by atoms with van der Waals surface area (Å²) in [5.41, 5.74) is 0.871. The van der Waals surface area contributed by atoms with Gasteiger partial charge in [-0.05, 0) is 31.4 Å². The number of aromatic nitrogens is 1. The molecule has 1 saturated carbocycles. The Kier molecular flexibility index (Phi) is 5.08. The van der Waals surface area contributed by atoms with Crippen LogP contribution in [-0.4, -0.2) is 24.2 Å². The minimum absolute atomic E-state index is 0.0976. The lowest BCUT2D eigenvalue weighted by atomic mass is 10.1. The molecule has 0 radical (unpaired) electrons. The monoisotopic (exact) mass is 252 g/mol. The molecule has 1 heterocycles. The maximum atomic E-state index is 13.0. The van der Waals surface area contributed by atoms with Crippen molar-refractivity contribution in [3.05, 3.63) is 29.8 Å². The number of hydrogen-bond acceptors (Lipinski definition) is 3. The Balaban J connectivity index is 1.66. The molecule has 1 N–H and O–H groups in total. The number of nitrogens with zero attached hydrogens (tertiary/aromatic N) is 1. The van der Waals surface area contributed by atoms with Crippen molar-refractivity contribution in [1.29, 1.82) is 0 Å². The largest absolute Gasteiger partial charge is 0.377 e. The fourth-order valence-electron chi connectivity index (χ4n) is 2.34. The van der Waals surface area contributed by atoms with E-state index in [2.05, 4.69) is 10.3 Å². The fraction of sp³-hybridized carbons (Fsp3) is 0.643. The van der Waals surface area contributed by atoms with Gasteiger partial charge in [0.05, 0.1) is 18.9 Å². The minimum atomic E-state index is -0.289. The van der Waals surface area contributed by atoms with Crippen molar-refractivity contribution >= 4 is 0 Å². The van der Waals surface area contributed by atoms with E-state index in [1.54, 1.807) is 6.20 Å². The minimum Gasteiger partial charge on any atom is -0.377 e. The fourth-order valence-corrected chi connectivity index (χ4v) is 2.34. The summed E-state index contributed by atoms with van der Waals surface area (Å²) in [6.45, 7) is 3.51. The summed E-state index contributed by atoms with van der Waals surface area (Å²) in [7, 11) is 0. The molecular formula is C14H21FN2O. The average molecular weight is 252 g/mol. The van der Waals surface area contributed by atoms with E-state index >= 15 is 0 Å². The molecule has 4 heteroatoms. The molecule has 2 rings (SSSR count). The van der Waals surface area contributed by atoms with Gasteiger partial charge in [-0.25, -0.2) is 4.39 Å². The summed E-state index contributed by atoms with van der Waals surface area (Å²) in [5.74, 6) is -0.289. The van der Waals surface area contributed by atoms with Crippen LogP contribution in [0, 0.1) is 5.82 Å². The van der Waals surface area contributed by atoms with E-state index in [1.165, 1.54) is 37.9 Å². The zero-order valence-electron chi connectivity index (χ0n) is 10.9. The van der Waals surface area contributed by atoms with Crippen molar-refractivity contribution in [2.24, 2.45) is 0 Å². The summed E-state index contributed by atoms with van der Waals surface area (Å²) < 4.78 is 18.8. The molecular weight excluding hydrogens is 231 g/mol. The molecule has 1 aromatic heterocycles. The second-order valence-electron chi connectivity index (χ2n) is 4.89. The normalized spacial score (nSPS) is 18.1. The lowest BCUT2D eigenvalue weighted by Gasteiger charge is -2.15. The standard InChI is InChI=1S/C14H21FN2O/c1-11(12-8-13(15)10-16-9-12)17-6-7-18-14-4-2-3-5-14/h8-11,14,17H,2-7H2,1H3. The van der Waals surface area contributed by atoms with Crippen LogP contribution in [-0.2, 0) is 4.74 Å². The Morgan fingerprint density at radius 3 is 2.94 bits per heavy atom. The molecule has 0 aromatic carbocycles. The molecule has 0 spiro atoms. The van der Waals surface area contributed by atoms with Gasteiger partial charge in [0.25, 0.3) is 0 Å². The summed E-state index contributed by atoms with van der Waals surface area (Å²) >= 11 is 0. The molecule has 0 bridgehead atoms. The van der Waals surface area contributed by atoms with Crippen molar-refractivity contribution in [3.8, 4) is 0 Å². The van der Waals surface area contributed by atoms with Crippen molar-refractivity contribution in [2.75, 3.05) is 13.2 Å². The second-order valence-corrected chi connectivity index (χ2v) is 4.89. The smallest absolute Gasteiger partial charge is 0.141 e. The Morgan fingerprint density at radius 1 is 1.44 bits per heavy atom. The molecule has 1 aromatic rings. The maximum Gasteiger partial charge on any atom is 0.141 e. The lowest BCUT2D eigenvalue weighted by Crippen LogP contribution is -2.25. The SMILES string of the molecule is CC(NCCOC1CCCC1)c1cncc(F)c1. The molecule has 18 heavy (non-hydrogen) atoms. The molecule has 1 fully saturated rings. The van der Waals surface area contributed by atoms with E-state index in [4.69, 9.17) is 4.74 Å². The Labute approximate surface area is 108 Å². The van der Waals surface area contributed by atoms with Gasteiger partial charge in [0.1, 0.15) is 5.82 Å². The number of nitrogens with one attached hydrogen (secondary N) is 1. The van der Waals surface area contributed by atoms with E-state index < -0.39 is 0 Å². The number of ether oxygens (including phenoxy) is 1. The van der Waals surface area contributed by atoms with Crippen LogP contribution >= 0.6 is 0 Å². The number of pyridine rings is 1. The molecule has 100 valence electrons. The van der Waals surface area contributed by atoms with Crippen LogP contribution in [0.3, 0.4) is 0 Å². The summed E-state index contributed by atoms with van der Waals surface area (Å²) in [5, 5.41) is 3.32. The van der Waals surface area contributed by atoms with E-state index in [9.17, 15) is 4.39 Å². The van der Waals surface area contributed by atoms with Crippen LogP contribution in [0.25, 0.3) is 0 Å². The summed E-state index contributed by atoms with van der Waals surface area (Å²) in [6, 6.07) is 1.61. The quantitative estimate of drug-likeness (QED) is 0.790. The van der Waals surface area contributed by atoms with Crippen molar-refractivity contribution < 1.29 is 9.13 Å². The maximum absolute atomic E-state index is 13.0. The van der Waals surface area contributed by atoms with Gasteiger partial charge in [-0.3, -0.25) is 4.98 Å². The van der Waals surface area contributed by atoms with E-state index in [1.807, 2.05) is 6.92 Å². The zero-order valence-corrected chi connectivity index (χ0v) is 10.9. The van der Waals surface area contributed by atoms with Crippen LogP contribution in [0.2, 0.25) is 0 Å². The molecule has 0 amide bonds. The highest BCUT2D eigenvalue weighted by atomic mass is 19.1. The highest BCUT2D eigenvalue weighted by molar-refractivity contribution is 5.14. The Morgan fingerprint density at radius 2 is 2.22 bits per heavy atom. The first-order valence-electron chi connectivity index (χ1n) is 6.71. The van der Waals surface area contributed by atoms with Gasteiger partial charge >= 0.3 is 0 Å². The van der Waals surface area contributed by atoms with Gasteiger partial charge in [-0.1, -0.05) is 12.8 Å². The first kappa shape index (κ1) is 13.4. The van der Waals surface area contributed by atoms with E-state index in [0.717, 1.165) is 18.7 Å². The lowest BCUT2D eigenvalue weighted by molar-refractivity contribution is 0.0593. The predicted molar refractivity (Wildman–Crippen MR) is 68.8 cm³/mol. The molecule has 1 aliphatic rings. The number of rotatable bonds is 6. The average Bonchev–Trinajstić information content (AvgIpc) is 2.87. The Hall–Kier alpha value is -1.00. The van der Waals surface area contributed by atoms with Crippen LogP contribution in [0.4, 0.5) is 4.39 Å². The van der Waals surface area contributed by atoms with Gasteiger partial charge in [0.15, 0.2) is 0 Å². The van der Waals surface area contributed by atoms with Crippen LogP contribution < -0.4 is 5.32 Å². The van der Waals surface area contributed by atoms with E-state index in [-0.39, 0.29) is 11.9 Å². The van der Waals surface area contributed by atoms with Crippen LogP contribution in [0.15, 0.2) is 18.5 Å². The predicted octanol–water partition coefficient (Wildman–Crippen LogP) is 2.83. The van der Waals surface area contributed by atoms with Gasteiger partial charge in [-0.2, -0.15) is 0 Å². The molecule has 1 aliphatic carbocycles. The van der Waals surface area contributed by atoms with Crippen molar-refractivity contribution in [2.45, 2.75) is 44.8 Å². The molecule has 3 nitrogen and oxygen atoms in total. The topological polar surface area (TPSA) is 34.1 Å². The van der Waals surface area contributed by atoms with Gasteiger partial charge in [-0.15, -0.1) is 0 Å². The number of hydrogen-bond donors (Lipinski definition) is 1. The first-order valence-corrected chi connectivity index (χ1v) is 6.71. The molecule has 1 unspecified atom stereocenters. The van der Waals surface area contributed by atoms with Gasteiger partial charge < -0.3 is 10.1 Å². The van der Waals surface area contributed by atoms with Gasteiger partial charge in [0, 0.05) is 18.8 Å². The molecule has 0 aliphatic heterocycles. The molecule has 0 saturated heterocycles. The Bertz CT molecular complexity index is 367. The third kappa shape index (κ3) is 4.03. The van der Waals surface area contributed by atoms with Crippen molar-refractivity contribution in [1.82, 2.24) is 10.3 Å². The van der Waals surface area contributed by atoms with E-state index in [0.29, 0.717) is 6.10 Å². The third-order valence-corrected chi connectivity index (χ3v) is 3.43. The summed E-state index contributed by atoms with van der Waals surface area (Å²) in [4.78, 5) is 3.85. The number of halogens is 1. The van der Waals surface area contributed by atoms with Crippen LogP contribution in [0.5, 0.6) is 0 Å². The van der Waals surface area contributed by atoms with Crippen LogP contribution in [0.1, 0.15) is 44.2 Å². The first-order chi connectivity index (χ1) is 8.75. The third-order valence-electron chi connectivity index (χ3n) is 3.43. The second kappa shape index (κ2) is 6.81. The van der Waals surface area contributed by atoms with Crippen molar-refractivity contribution in [3.63, 3.8) is 0 Å². The highest BCUT2D eigenvalue weighted by Crippen LogP contribution is 2.20. The molecule has 1 atom stereocenters. The van der Waals surface area contributed by atoms with Gasteiger partial charge in [0.2, 0.25) is 0 Å².